The number of benzene rings is 3. The average Bonchev–Trinajstić information content (AvgIpc) is 2.81. The fourth-order valence-corrected chi connectivity index (χ4v) is 3.83. The first kappa shape index (κ1) is 23.6. The maximum Gasteiger partial charge on any atom is 0.418 e. The number of para-hydroxylation sites is 1. The van der Waals surface area contributed by atoms with Crippen LogP contribution in [0.2, 0.25) is 0 Å². The highest BCUT2D eigenvalue weighted by molar-refractivity contribution is 5.97. The smallest absolute Gasteiger partial charge is 0.418 e. The summed E-state index contributed by atoms with van der Waals surface area (Å²) in [6, 6.07) is 19.3. The number of halogens is 3. The van der Waals surface area contributed by atoms with E-state index < -0.39 is 11.7 Å². The molecule has 0 radical (unpaired) electrons. The van der Waals surface area contributed by atoms with E-state index in [4.69, 9.17) is 9.47 Å². The van der Waals surface area contributed by atoms with Gasteiger partial charge in [-0.2, -0.15) is 13.2 Å². The fourth-order valence-electron chi connectivity index (χ4n) is 3.83. The highest BCUT2D eigenvalue weighted by atomic mass is 19.4. The standard InChI is InChI=1S/C28H26F3NO2/c1-18(2)16-33-22-9-4-7-20(13-22)17-34-23-10-5-8-21(14-23)26-19(3)15-32-27-24(26)11-6-12-25(27)28(29,30)31/h4-15,18H,16-17H2,1-3H3. The quantitative estimate of drug-likeness (QED) is 0.279. The van der Waals surface area contributed by atoms with E-state index in [2.05, 4.69) is 18.8 Å². The lowest BCUT2D eigenvalue weighted by Crippen LogP contribution is -2.07. The predicted octanol–water partition coefficient (Wildman–Crippen LogP) is 7.84. The molecule has 0 aliphatic rings. The summed E-state index contributed by atoms with van der Waals surface area (Å²) in [5, 5.41) is 0.460. The Morgan fingerprint density at radius 3 is 2.32 bits per heavy atom. The average molecular weight is 466 g/mol. The van der Waals surface area contributed by atoms with Crippen LogP contribution in [0.25, 0.3) is 22.0 Å². The van der Waals surface area contributed by atoms with Gasteiger partial charge < -0.3 is 9.47 Å². The van der Waals surface area contributed by atoms with Gasteiger partial charge in [0.05, 0.1) is 17.7 Å². The summed E-state index contributed by atoms with van der Waals surface area (Å²) in [6.45, 7) is 7.02. The minimum absolute atomic E-state index is 0.0554. The van der Waals surface area contributed by atoms with Gasteiger partial charge in [0.1, 0.15) is 18.1 Å². The minimum atomic E-state index is -4.47. The number of pyridine rings is 1. The second kappa shape index (κ2) is 9.75. The largest absolute Gasteiger partial charge is 0.493 e. The van der Waals surface area contributed by atoms with Crippen molar-refractivity contribution < 1.29 is 22.6 Å². The summed E-state index contributed by atoms with van der Waals surface area (Å²) in [5.41, 5.74) is 2.45. The number of hydrogen-bond acceptors (Lipinski definition) is 3. The molecule has 0 N–H and O–H groups in total. The molecule has 0 aliphatic heterocycles. The van der Waals surface area contributed by atoms with Crippen LogP contribution >= 0.6 is 0 Å². The zero-order chi connectivity index (χ0) is 24.3. The summed E-state index contributed by atoms with van der Waals surface area (Å²) < 4.78 is 52.4. The maximum atomic E-state index is 13.5. The summed E-state index contributed by atoms with van der Waals surface area (Å²) in [4.78, 5) is 4.10. The Balaban J connectivity index is 1.61. The molecule has 4 aromatic rings. The van der Waals surface area contributed by atoms with E-state index in [0.29, 0.717) is 35.8 Å². The first-order valence-electron chi connectivity index (χ1n) is 11.1. The first-order chi connectivity index (χ1) is 16.2. The second-order valence-corrected chi connectivity index (χ2v) is 8.68. The molecule has 0 saturated carbocycles. The van der Waals surface area contributed by atoms with Crippen molar-refractivity contribution >= 4 is 10.9 Å². The monoisotopic (exact) mass is 465 g/mol. The Morgan fingerprint density at radius 1 is 0.882 bits per heavy atom. The van der Waals surface area contributed by atoms with Gasteiger partial charge in [0.2, 0.25) is 0 Å². The molecule has 3 nitrogen and oxygen atoms in total. The van der Waals surface area contributed by atoms with Crippen LogP contribution in [0, 0.1) is 12.8 Å². The van der Waals surface area contributed by atoms with Crippen LogP contribution in [0.3, 0.4) is 0 Å². The van der Waals surface area contributed by atoms with Crippen molar-refractivity contribution in [2.75, 3.05) is 6.61 Å². The van der Waals surface area contributed by atoms with Crippen LogP contribution in [-0.4, -0.2) is 11.6 Å². The molecule has 176 valence electrons. The van der Waals surface area contributed by atoms with E-state index >= 15 is 0 Å². The molecule has 0 amide bonds. The molecule has 0 aliphatic carbocycles. The van der Waals surface area contributed by atoms with Crippen LogP contribution in [0.4, 0.5) is 13.2 Å². The van der Waals surface area contributed by atoms with Gasteiger partial charge in [-0.1, -0.05) is 50.2 Å². The number of aromatic nitrogens is 1. The molecule has 1 heterocycles. The maximum absolute atomic E-state index is 13.5. The molecule has 4 rings (SSSR count). The van der Waals surface area contributed by atoms with Crippen molar-refractivity contribution in [1.82, 2.24) is 4.98 Å². The Hall–Kier alpha value is -3.54. The second-order valence-electron chi connectivity index (χ2n) is 8.68. The molecule has 0 atom stereocenters. The van der Waals surface area contributed by atoms with Crippen LogP contribution in [0.1, 0.15) is 30.5 Å². The molecule has 0 fully saturated rings. The molecule has 1 aromatic heterocycles. The Kier molecular flexibility index (Phi) is 6.77. The van der Waals surface area contributed by atoms with E-state index in [1.54, 1.807) is 6.07 Å². The summed E-state index contributed by atoms with van der Waals surface area (Å²) in [5.74, 6) is 1.85. The lowest BCUT2D eigenvalue weighted by molar-refractivity contribution is -0.136. The van der Waals surface area contributed by atoms with Gasteiger partial charge in [-0.15, -0.1) is 0 Å². The molecule has 3 aromatic carbocycles. The van der Waals surface area contributed by atoms with Crippen molar-refractivity contribution in [3.8, 4) is 22.6 Å². The fraction of sp³-hybridized carbons (Fsp3) is 0.250. The molecule has 6 heteroatoms. The van der Waals surface area contributed by atoms with Crippen molar-refractivity contribution in [2.24, 2.45) is 5.92 Å². The van der Waals surface area contributed by atoms with E-state index in [0.717, 1.165) is 28.5 Å². The molecular weight excluding hydrogens is 439 g/mol. The van der Waals surface area contributed by atoms with Gasteiger partial charge in [0.25, 0.3) is 0 Å². The third kappa shape index (κ3) is 5.33. The number of ether oxygens (including phenoxy) is 2. The zero-order valence-corrected chi connectivity index (χ0v) is 19.3. The molecule has 0 unspecified atom stereocenters. The van der Waals surface area contributed by atoms with Crippen LogP contribution in [0.15, 0.2) is 72.9 Å². The number of rotatable bonds is 7. The summed E-state index contributed by atoms with van der Waals surface area (Å²) >= 11 is 0. The third-order valence-corrected chi connectivity index (χ3v) is 5.40. The predicted molar refractivity (Wildman–Crippen MR) is 128 cm³/mol. The summed E-state index contributed by atoms with van der Waals surface area (Å²) in [6.07, 6.45) is -2.99. The van der Waals surface area contributed by atoms with E-state index in [-0.39, 0.29) is 5.52 Å². The van der Waals surface area contributed by atoms with Crippen molar-refractivity contribution in [2.45, 2.75) is 33.6 Å². The minimum Gasteiger partial charge on any atom is -0.493 e. The zero-order valence-electron chi connectivity index (χ0n) is 19.3. The third-order valence-electron chi connectivity index (χ3n) is 5.40. The van der Waals surface area contributed by atoms with Gasteiger partial charge >= 0.3 is 6.18 Å². The molecule has 0 bridgehead atoms. The van der Waals surface area contributed by atoms with Crippen LogP contribution in [-0.2, 0) is 12.8 Å². The number of hydrogen-bond donors (Lipinski definition) is 0. The van der Waals surface area contributed by atoms with Crippen molar-refractivity contribution in [3.05, 3.63) is 89.6 Å². The number of aryl methyl sites for hydroxylation is 1. The van der Waals surface area contributed by atoms with Gasteiger partial charge in [-0.3, -0.25) is 4.98 Å². The lowest BCUT2D eigenvalue weighted by Gasteiger charge is -2.15. The topological polar surface area (TPSA) is 31.4 Å². The van der Waals surface area contributed by atoms with Gasteiger partial charge in [0, 0.05) is 11.6 Å². The van der Waals surface area contributed by atoms with Gasteiger partial charge in [0.15, 0.2) is 0 Å². The number of nitrogens with zero attached hydrogens (tertiary/aromatic N) is 1. The van der Waals surface area contributed by atoms with Gasteiger partial charge in [-0.25, -0.2) is 0 Å². The van der Waals surface area contributed by atoms with Gasteiger partial charge in [-0.05, 0) is 65.4 Å². The number of fused-ring (bicyclic) bond motifs is 1. The normalized spacial score (nSPS) is 11.7. The Bertz CT molecular complexity index is 1300. The molecule has 0 saturated heterocycles. The highest BCUT2D eigenvalue weighted by Crippen LogP contribution is 2.38. The molecular formula is C28H26F3NO2. The first-order valence-corrected chi connectivity index (χ1v) is 11.1. The summed E-state index contributed by atoms with van der Waals surface area (Å²) in [7, 11) is 0. The van der Waals surface area contributed by atoms with E-state index in [1.165, 1.54) is 12.3 Å². The van der Waals surface area contributed by atoms with Crippen LogP contribution < -0.4 is 9.47 Å². The van der Waals surface area contributed by atoms with E-state index in [9.17, 15) is 13.2 Å². The SMILES string of the molecule is Cc1cnc2c(C(F)(F)F)cccc2c1-c1cccc(OCc2cccc(OCC(C)C)c2)c1. The van der Waals surface area contributed by atoms with E-state index in [1.807, 2.05) is 55.5 Å². The molecule has 0 spiro atoms. The van der Waals surface area contributed by atoms with Crippen molar-refractivity contribution in [3.63, 3.8) is 0 Å². The lowest BCUT2D eigenvalue weighted by atomic mass is 9.95. The Labute approximate surface area is 197 Å². The highest BCUT2D eigenvalue weighted by Gasteiger charge is 2.33. The molecule has 34 heavy (non-hydrogen) atoms. The van der Waals surface area contributed by atoms with Crippen LogP contribution in [0.5, 0.6) is 11.5 Å². The van der Waals surface area contributed by atoms with Crippen molar-refractivity contribution in [1.29, 1.82) is 0 Å². The number of alkyl halides is 3. The Morgan fingerprint density at radius 2 is 1.59 bits per heavy atom.